The summed E-state index contributed by atoms with van der Waals surface area (Å²) in [4.78, 5) is 14.2. The van der Waals surface area contributed by atoms with Gasteiger partial charge in [0.25, 0.3) is 0 Å². The first-order valence-corrected chi connectivity index (χ1v) is 8.63. The number of aromatic nitrogens is 4. The van der Waals surface area contributed by atoms with E-state index in [1.165, 1.54) is 18.4 Å². The fourth-order valence-corrected chi connectivity index (χ4v) is 4.09. The molecule has 0 fully saturated rings. The Labute approximate surface area is 152 Å². The molecule has 6 nitrogen and oxygen atoms in total. The van der Waals surface area contributed by atoms with Gasteiger partial charge in [-0.05, 0) is 18.6 Å². The number of nitrogens with zero attached hydrogens (tertiary/aromatic N) is 4. The van der Waals surface area contributed by atoms with E-state index in [0.29, 0.717) is 32.3 Å². The number of aryl methyl sites for hydroxylation is 2. The number of imidazole rings is 1. The van der Waals surface area contributed by atoms with Crippen molar-refractivity contribution >= 4 is 21.6 Å². The highest BCUT2D eigenvalue weighted by molar-refractivity contribution is 7.22. The van der Waals surface area contributed by atoms with Gasteiger partial charge >= 0.3 is 0 Å². The third-order valence-electron chi connectivity index (χ3n) is 4.22. The summed E-state index contributed by atoms with van der Waals surface area (Å²) in [5.74, 6) is 0.449. The van der Waals surface area contributed by atoms with Crippen LogP contribution < -0.4 is 4.74 Å². The van der Waals surface area contributed by atoms with Gasteiger partial charge in [0.15, 0.2) is 17.4 Å². The van der Waals surface area contributed by atoms with Gasteiger partial charge in [0.1, 0.15) is 4.83 Å². The molecule has 0 aliphatic heterocycles. The van der Waals surface area contributed by atoms with Crippen LogP contribution in [-0.4, -0.2) is 31.7 Å². The number of methoxy groups -OCH3 is 1. The van der Waals surface area contributed by atoms with Crippen molar-refractivity contribution in [3.05, 3.63) is 42.0 Å². The van der Waals surface area contributed by atoms with Crippen LogP contribution in [0.15, 0.2) is 30.6 Å². The van der Waals surface area contributed by atoms with Crippen LogP contribution in [0.5, 0.6) is 11.6 Å². The van der Waals surface area contributed by atoms with E-state index in [9.17, 15) is 9.50 Å². The van der Waals surface area contributed by atoms with Gasteiger partial charge in [-0.25, -0.2) is 14.4 Å². The number of rotatable bonds is 3. The molecule has 0 spiro atoms. The molecule has 1 N–H and O–H groups in total. The maximum Gasteiger partial charge on any atom is 0.223 e. The molecule has 4 aromatic rings. The average molecular weight is 370 g/mol. The topological polar surface area (TPSA) is 73.1 Å². The summed E-state index contributed by atoms with van der Waals surface area (Å²) in [6.07, 6.45) is 3.41. The normalized spacial score (nSPS) is 11.2. The van der Waals surface area contributed by atoms with Crippen LogP contribution in [0.25, 0.3) is 32.3 Å². The zero-order valence-corrected chi connectivity index (χ0v) is 15.1. The largest absolute Gasteiger partial charge is 0.494 e. The fourth-order valence-electron chi connectivity index (χ4n) is 2.90. The predicted molar refractivity (Wildman–Crippen MR) is 98.0 cm³/mol. The molecule has 0 saturated heterocycles. The Morgan fingerprint density at radius 3 is 2.77 bits per heavy atom. The van der Waals surface area contributed by atoms with E-state index in [2.05, 4.69) is 15.0 Å². The standard InChI is InChI=1S/C18H15FN4O2S/c1-9-12-17(24)21-15(16-20-7-8-23(16)2)22-18(12)26-14(9)10-5-4-6-11(25-3)13(10)19/h4-8H,1-3H3,(H,21,22,24). The van der Waals surface area contributed by atoms with Crippen LogP contribution in [-0.2, 0) is 7.05 Å². The molecule has 3 heterocycles. The summed E-state index contributed by atoms with van der Waals surface area (Å²) in [6.45, 7) is 1.82. The van der Waals surface area contributed by atoms with E-state index in [1.807, 2.05) is 14.0 Å². The lowest BCUT2D eigenvalue weighted by atomic mass is 10.1. The van der Waals surface area contributed by atoms with E-state index in [4.69, 9.17) is 4.74 Å². The highest BCUT2D eigenvalue weighted by Gasteiger charge is 2.21. The van der Waals surface area contributed by atoms with Gasteiger partial charge in [-0.1, -0.05) is 12.1 Å². The first-order chi connectivity index (χ1) is 12.5. The molecule has 0 radical (unpaired) electrons. The number of hydrogen-bond donors (Lipinski definition) is 1. The minimum absolute atomic E-state index is 0.142. The average Bonchev–Trinajstić information content (AvgIpc) is 3.19. The first kappa shape index (κ1) is 16.5. The number of ether oxygens (including phenoxy) is 1. The van der Waals surface area contributed by atoms with Crippen molar-refractivity contribution in [2.45, 2.75) is 6.92 Å². The molecule has 132 valence electrons. The lowest BCUT2D eigenvalue weighted by Gasteiger charge is -2.06. The molecular weight excluding hydrogens is 355 g/mol. The zero-order chi connectivity index (χ0) is 18.4. The number of halogens is 1. The van der Waals surface area contributed by atoms with Crippen LogP contribution in [0.1, 0.15) is 5.56 Å². The molecule has 0 unspecified atom stereocenters. The lowest BCUT2D eigenvalue weighted by molar-refractivity contribution is 0.387. The summed E-state index contributed by atoms with van der Waals surface area (Å²) in [6, 6.07) is 4.98. The molecule has 26 heavy (non-hydrogen) atoms. The molecule has 0 atom stereocenters. The van der Waals surface area contributed by atoms with Crippen LogP contribution >= 0.6 is 11.3 Å². The van der Waals surface area contributed by atoms with E-state index in [-0.39, 0.29) is 11.6 Å². The molecular formula is C18H15FN4O2S. The molecule has 0 bridgehead atoms. The zero-order valence-electron chi connectivity index (χ0n) is 14.3. The Morgan fingerprint density at radius 1 is 1.27 bits per heavy atom. The van der Waals surface area contributed by atoms with Crippen molar-refractivity contribution in [3.63, 3.8) is 0 Å². The fraction of sp³-hybridized carbons (Fsp3) is 0.167. The summed E-state index contributed by atoms with van der Waals surface area (Å²) in [7, 11) is 3.25. The second kappa shape index (κ2) is 6.06. The van der Waals surface area contributed by atoms with Crippen molar-refractivity contribution in [1.29, 1.82) is 0 Å². The Kier molecular flexibility index (Phi) is 3.84. The monoisotopic (exact) mass is 370 g/mol. The van der Waals surface area contributed by atoms with Crippen LogP contribution in [0.4, 0.5) is 4.39 Å². The molecule has 3 aromatic heterocycles. The second-order valence-corrected chi connectivity index (χ2v) is 6.79. The summed E-state index contributed by atoms with van der Waals surface area (Å²) < 4.78 is 21.5. The third-order valence-corrected chi connectivity index (χ3v) is 5.44. The second-order valence-electron chi connectivity index (χ2n) is 5.79. The van der Waals surface area contributed by atoms with Crippen molar-refractivity contribution in [2.24, 2.45) is 7.05 Å². The molecule has 0 aliphatic carbocycles. The van der Waals surface area contributed by atoms with Gasteiger partial charge in [0.05, 0.1) is 12.5 Å². The smallest absolute Gasteiger partial charge is 0.223 e. The number of fused-ring (bicyclic) bond motifs is 1. The highest BCUT2D eigenvalue weighted by atomic mass is 32.1. The molecule has 0 saturated carbocycles. The maximum absolute atomic E-state index is 14.7. The van der Waals surface area contributed by atoms with Crippen LogP contribution in [0.3, 0.4) is 0 Å². The summed E-state index contributed by atoms with van der Waals surface area (Å²) in [5, 5.41) is 11.0. The van der Waals surface area contributed by atoms with E-state index >= 15 is 0 Å². The molecule has 0 amide bonds. The third kappa shape index (κ3) is 2.41. The lowest BCUT2D eigenvalue weighted by Crippen LogP contribution is -1.97. The van der Waals surface area contributed by atoms with E-state index in [1.54, 1.807) is 35.2 Å². The Bertz CT molecular complexity index is 1140. The first-order valence-electron chi connectivity index (χ1n) is 7.82. The minimum atomic E-state index is -0.443. The quantitative estimate of drug-likeness (QED) is 0.592. The van der Waals surface area contributed by atoms with Crippen molar-refractivity contribution in [1.82, 2.24) is 19.5 Å². The van der Waals surface area contributed by atoms with Gasteiger partial charge in [-0.15, -0.1) is 11.3 Å². The number of thiophene rings is 1. The number of hydrogen-bond acceptors (Lipinski definition) is 6. The number of aromatic hydroxyl groups is 1. The molecule has 4 rings (SSSR count). The van der Waals surface area contributed by atoms with E-state index < -0.39 is 5.82 Å². The van der Waals surface area contributed by atoms with Crippen molar-refractivity contribution in [3.8, 4) is 33.7 Å². The maximum atomic E-state index is 14.7. The Balaban J connectivity index is 1.95. The van der Waals surface area contributed by atoms with Gasteiger partial charge in [0, 0.05) is 29.9 Å². The van der Waals surface area contributed by atoms with Gasteiger partial charge in [-0.2, -0.15) is 4.98 Å². The van der Waals surface area contributed by atoms with Gasteiger partial charge in [0.2, 0.25) is 11.7 Å². The summed E-state index contributed by atoms with van der Waals surface area (Å²) in [5.41, 5.74) is 1.13. The SMILES string of the molecule is COc1cccc(-c2sc3nc(-c4nccn4C)nc(O)c3c2C)c1F. The number of benzene rings is 1. The summed E-state index contributed by atoms with van der Waals surface area (Å²) >= 11 is 1.30. The van der Waals surface area contributed by atoms with Gasteiger partial charge < -0.3 is 14.4 Å². The Morgan fingerprint density at radius 2 is 2.08 bits per heavy atom. The molecule has 8 heteroatoms. The molecule has 0 aliphatic rings. The molecule has 1 aromatic carbocycles. The van der Waals surface area contributed by atoms with E-state index in [0.717, 1.165) is 5.56 Å². The highest BCUT2D eigenvalue weighted by Crippen LogP contribution is 2.43. The van der Waals surface area contributed by atoms with Crippen molar-refractivity contribution < 1.29 is 14.2 Å². The Hall–Kier alpha value is -3.00. The predicted octanol–water partition coefficient (Wildman–Crippen LogP) is 3.92. The van der Waals surface area contributed by atoms with Crippen molar-refractivity contribution in [2.75, 3.05) is 7.11 Å². The van der Waals surface area contributed by atoms with Crippen LogP contribution in [0, 0.1) is 12.7 Å². The van der Waals surface area contributed by atoms with Crippen LogP contribution in [0.2, 0.25) is 0 Å². The van der Waals surface area contributed by atoms with Gasteiger partial charge in [-0.3, -0.25) is 0 Å². The minimum Gasteiger partial charge on any atom is -0.494 e.